The van der Waals surface area contributed by atoms with Gasteiger partial charge in [-0.1, -0.05) is 45.7 Å². The van der Waals surface area contributed by atoms with Crippen LogP contribution in [0, 0.1) is 0 Å². The van der Waals surface area contributed by atoms with Crippen molar-refractivity contribution in [3.63, 3.8) is 0 Å². The molecule has 0 saturated carbocycles. The van der Waals surface area contributed by atoms with E-state index >= 15 is 0 Å². The summed E-state index contributed by atoms with van der Waals surface area (Å²) in [4.78, 5) is 1.15. The van der Waals surface area contributed by atoms with Gasteiger partial charge in [-0.3, -0.25) is 0 Å². The van der Waals surface area contributed by atoms with Crippen molar-refractivity contribution in [2.45, 2.75) is 17.4 Å². The fraction of sp³-hybridized carbons (Fsp3) is 0.200. The van der Waals surface area contributed by atoms with Gasteiger partial charge in [-0.15, -0.1) is 11.8 Å². The lowest BCUT2D eigenvalue weighted by Crippen LogP contribution is -2.13. The maximum absolute atomic E-state index is 10.0. The number of aliphatic hydroxyl groups excluding tert-OH is 1. The Bertz CT molecular complexity index is 547. The van der Waals surface area contributed by atoms with Gasteiger partial charge in [0.05, 0.1) is 6.10 Å². The molecule has 0 aliphatic rings. The fourth-order valence-electron chi connectivity index (χ4n) is 1.74. The van der Waals surface area contributed by atoms with Crippen LogP contribution in [0.2, 0.25) is 5.02 Å². The average Bonchev–Trinajstić information content (AvgIpc) is 2.36. The summed E-state index contributed by atoms with van der Waals surface area (Å²) in [5.41, 5.74) is 1.06. The van der Waals surface area contributed by atoms with Crippen molar-refractivity contribution in [2.75, 3.05) is 5.75 Å². The number of rotatable bonds is 5. The lowest BCUT2D eigenvalue weighted by atomic mass is 10.1. The number of hydrogen-bond donors (Lipinski definition) is 1. The lowest BCUT2D eigenvalue weighted by molar-refractivity contribution is 0.200. The standard InChI is InChI=1S/C15H14BrClOS/c16-12-4-2-6-15(9-12)19-10-14(18)8-11-3-1-5-13(17)7-11/h1-7,9,14,18H,8,10H2. The molecule has 0 aliphatic heterocycles. The average molecular weight is 358 g/mol. The van der Waals surface area contributed by atoms with Crippen LogP contribution in [0.1, 0.15) is 5.56 Å². The van der Waals surface area contributed by atoms with E-state index in [1.54, 1.807) is 11.8 Å². The van der Waals surface area contributed by atoms with Crippen molar-refractivity contribution >= 4 is 39.3 Å². The molecule has 0 bridgehead atoms. The van der Waals surface area contributed by atoms with Gasteiger partial charge in [0, 0.05) is 20.1 Å². The first-order valence-corrected chi connectivity index (χ1v) is 8.10. The minimum absolute atomic E-state index is 0.373. The van der Waals surface area contributed by atoms with Gasteiger partial charge >= 0.3 is 0 Å². The van der Waals surface area contributed by atoms with Gasteiger partial charge in [0.15, 0.2) is 0 Å². The smallest absolute Gasteiger partial charge is 0.0674 e. The van der Waals surface area contributed by atoms with Crippen LogP contribution >= 0.6 is 39.3 Å². The highest BCUT2D eigenvalue weighted by Crippen LogP contribution is 2.23. The number of hydrogen-bond acceptors (Lipinski definition) is 2. The summed E-state index contributed by atoms with van der Waals surface area (Å²) in [6.45, 7) is 0. The zero-order valence-corrected chi connectivity index (χ0v) is 13.4. The van der Waals surface area contributed by atoms with E-state index in [9.17, 15) is 5.11 Å². The molecular weight excluding hydrogens is 344 g/mol. The van der Waals surface area contributed by atoms with Gasteiger partial charge in [0.1, 0.15) is 0 Å². The first-order valence-electron chi connectivity index (χ1n) is 5.94. The first-order chi connectivity index (χ1) is 9.13. The van der Waals surface area contributed by atoms with Crippen molar-refractivity contribution in [3.05, 3.63) is 63.6 Å². The van der Waals surface area contributed by atoms with Crippen LogP contribution in [-0.2, 0) is 6.42 Å². The lowest BCUT2D eigenvalue weighted by Gasteiger charge is -2.10. The summed E-state index contributed by atoms with van der Waals surface area (Å²) in [7, 11) is 0. The van der Waals surface area contributed by atoms with Crippen LogP contribution in [-0.4, -0.2) is 17.0 Å². The predicted octanol–water partition coefficient (Wildman–Crippen LogP) is 4.80. The van der Waals surface area contributed by atoms with Gasteiger partial charge in [0.2, 0.25) is 0 Å². The molecule has 0 saturated heterocycles. The summed E-state index contributed by atoms with van der Waals surface area (Å²) >= 11 is 11.0. The van der Waals surface area contributed by atoms with Gasteiger partial charge in [-0.05, 0) is 42.3 Å². The zero-order valence-electron chi connectivity index (χ0n) is 10.2. The summed E-state index contributed by atoms with van der Waals surface area (Å²) in [5.74, 6) is 0.670. The quantitative estimate of drug-likeness (QED) is 0.776. The molecule has 19 heavy (non-hydrogen) atoms. The monoisotopic (exact) mass is 356 g/mol. The molecule has 0 radical (unpaired) electrons. The van der Waals surface area contributed by atoms with Crippen LogP contribution in [0.4, 0.5) is 0 Å². The Morgan fingerprint density at radius 3 is 2.68 bits per heavy atom. The third-order valence-corrected chi connectivity index (χ3v) is 4.47. The van der Waals surface area contributed by atoms with E-state index in [2.05, 4.69) is 22.0 Å². The van der Waals surface area contributed by atoms with E-state index in [1.807, 2.05) is 42.5 Å². The Kier molecular flexibility index (Phi) is 5.76. The van der Waals surface area contributed by atoms with Crippen LogP contribution in [0.15, 0.2) is 57.9 Å². The third kappa shape index (κ3) is 5.19. The van der Waals surface area contributed by atoms with E-state index in [1.165, 1.54) is 0 Å². The van der Waals surface area contributed by atoms with Crippen LogP contribution in [0.5, 0.6) is 0 Å². The molecule has 1 atom stereocenters. The molecule has 1 N–H and O–H groups in total. The van der Waals surface area contributed by atoms with E-state index in [0.29, 0.717) is 17.2 Å². The Balaban J connectivity index is 1.86. The summed E-state index contributed by atoms with van der Waals surface area (Å²) in [5, 5.41) is 10.8. The van der Waals surface area contributed by atoms with Crippen molar-refractivity contribution < 1.29 is 5.11 Å². The Labute approximate surface area is 131 Å². The first kappa shape index (κ1) is 14.9. The largest absolute Gasteiger partial charge is 0.392 e. The Morgan fingerprint density at radius 2 is 1.95 bits per heavy atom. The summed E-state index contributed by atoms with van der Waals surface area (Å²) in [6, 6.07) is 15.7. The van der Waals surface area contributed by atoms with Crippen LogP contribution < -0.4 is 0 Å². The molecule has 0 fully saturated rings. The van der Waals surface area contributed by atoms with Crippen molar-refractivity contribution in [3.8, 4) is 0 Å². The molecule has 0 amide bonds. The molecule has 2 aromatic carbocycles. The number of aliphatic hydroxyl groups is 1. The maximum Gasteiger partial charge on any atom is 0.0674 e. The van der Waals surface area contributed by atoms with E-state index < -0.39 is 0 Å². The molecular formula is C15H14BrClOS. The molecule has 1 nitrogen and oxygen atoms in total. The van der Waals surface area contributed by atoms with Gasteiger partial charge in [-0.2, -0.15) is 0 Å². The topological polar surface area (TPSA) is 20.2 Å². The molecule has 0 spiro atoms. The second-order valence-corrected chi connectivity index (χ2v) is 6.70. The van der Waals surface area contributed by atoms with E-state index in [-0.39, 0.29) is 6.10 Å². The minimum Gasteiger partial charge on any atom is -0.392 e. The van der Waals surface area contributed by atoms with E-state index in [0.717, 1.165) is 14.9 Å². The molecule has 1 unspecified atom stereocenters. The van der Waals surface area contributed by atoms with Crippen LogP contribution in [0.3, 0.4) is 0 Å². The van der Waals surface area contributed by atoms with Gasteiger partial charge in [-0.25, -0.2) is 0 Å². The second kappa shape index (κ2) is 7.34. The molecule has 0 aliphatic carbocycles. The Hall–Kier alpha value is -0.480. The normalized spacial score (nSPS) is 12.4. The molecule has 2 rings (SSSR count). The third-order valence-electron chi connectivity index (χ3n) is 2.60. The fourth-order valence-corrected chi connectivity index (χ4v) is 3.40. The number of halogens is 2. The molecule has 2 aromatic rings. The van der Waals surface area contributed by atoms with E-state index in [4.69, 9.17) is 11.6 Å². The van der Waals surface area contributed by atoms with Crippen molar-refractivity contribution in [1.82, 2.24) is 0 Å². The Morgan fingerprint density at radius 1 is 1.16 bits per heavy atom. The molecule has 0 heterocycles. The highest BCUT2D eigenvalue weighted by molar-refractivity contribution is 9.10. The van der Waals surface area contributed by atoms with Crippen molar-refractivity contribution in [2.24, 2.45) is 0 Å². The minimum atomic E-state index is -0.373. The molecule has 4 heteroatoms. The van der Waals surface area contributed by atoms with Gasteiger partial charge in [0.25, 0.3) is 0 Å². The number of benzene rings is 2. The van der Waals surface area contributed by atoms with Crippen LogP contribution in [0.25, 0.3) is 0 Å². The SMILES string of the molecule is OC(CSc1cccc(Br)c1)Cc1cccc(Cl)c1. The predicted molar refractivity (Wildman–Crippen MR) is 86.0 cm³/mol. The maximum atomic E-state index is 10.0. The number of thioether (sulfide) groups is 1. The second-order valence-electron chi connectivity index (χ2n) is 4.26. The highest BCUT2D eigenvalue weighted by Gasteiger charge is 2.07. The molecule has 100 valence electrons. The summed E-state index contributed by atoms with van der Waals surface area (Å²) < 4.78 is 1.06. The van der Waals surface area contributed by atoms with Crippen molar-refractivity contribution in [1.29, 1.82) is 0 Å². The zero-order chi connectivity index (χ0) is 13.7. The molecule has 0 aromatic heterocycles. The summed E-state index contributed by atoms with van der Waals surface area (Å²) in [6.07, 6.45) is 0.254. The van der Waals surface area contributed by atoms with Gasteiger partial charge < -0.3 is 5.11 Å². The highest BCUT2D eigenvalue weighted by atomic mass is 79.9.